The van der Waals surface area contributed by atoms with Gasteiger partial charge in [0.05, 0.1) is 10.5 Å². The van der Waals surface area contributed by atoms with Gasteiger partial charge in [-0.1, -0.05) is 37.6 Å². The molecule has 0 spiro atoms. The SMILES string of the molecule is CCN(CC)S(=O)(=O)c1cc(C(=O)O[C@H](C)C(=O)Nc2c(C)cc(C)cc2C)ccc1C. The maximum absolute atomic E-state index is 12.9. The van der Waals surface area contributed by atoms with E-state index in [4.69, 9.17) is 4.74 Å². The number of hydrogen-bond acceptors (Lipinski definition) is 5. The lowest BCUT2D eigenvalue weighted by Crippen LogP contribution is -2.32. The molecule has 8 heteroatoms. The van der Waals surface area contributed by atoms with Crippen LogP contribution in [-0.2, 0) is 19.6 Å². The van der Waals surface area contributed by atoms with Crippen LogP contribution in [0.3, 0.4) is 0 Å². The van der Waals surface area contributed by atoms with Crippen molar-refractivity contribution in [3.8, 4) is 0 Å². The van der Waals surface area contributed by atoms with Gasteiger partial charge in [0.15, 0.2) is 6.10 Å². The predicted molar refractivity (Wildman–Crippen MR) is 125 cm³/mol. The van der Waals surface area contributed by atoms with Gasteiger partial charge in [0.25, 0.3) is 5.91 Å². The summed E-state index contributed by atoms with van der Waals surface area (Å²) in [5.41, 5.74) is 4.21. The topological polar surface area (TPSA) is 92.8 Å². The molecule has 0 saturated heterocycles. The molecule has 7 nitrogen and oxygen atoms in total. The Kier molecular flexibility index (Phi) is 8.20. The van der Waals surface area contributed by atoms with E-state index in [2.05, 4.69) is 5.32 Å². The molecule has 1 amide bonds. The molecule has 32 heavy (non-hydrogen) atoms. The third-order valence-corrected chi connectivity index (χ3v) is 7.52. The van der Waals surface area contributed by atoms with Crippen molar-refractivity contribution in [2.24, 2.45) is 0 Å². The first-order valence-electron chi connectivity index (χ1n) is 10.6. The Bertz CT molecular complexity index is 1100. The number of ether oxygens (including phenoxy) is 1. The lowest BCUT2D eigenvalue weighted by Gasteiger charge is -2.20. The Morgan fingerprint density at radius 1 is 0.969 bits per heavy atom. The lowest BCUT2D eigenvalue weighted by atomic mass is 10.0. The molecule has 0 aliphatic rings. The molecule has 2 aromatic rings. The van der Waals surface area contributed by atoms with E-state index in [-0.39, 0.29) is 10.5 Å². The molecule has 2 rings (SSSR count). The van der Waals surface area contributed by atoms with Crippen LogP contribution in [0.5, 0.6) is 0 Å². The minimum atomic E-state index is -3.74. The van der Waals surface area contributed by atoms with Crippen molar-refractivity contribution in [1.29, 1.82) is 0 Å². The zero-order chi connectivity index (χ0) is 24.2. The third kappa shape index (κ3) is 5.55. The standard InChI is InChI=1S/C24H32N2O5S/c1-8-26(9-2)32(29,30)21-14-20(11-10-16(21)4)24(28)31-19(7)23(27)25-22-17(5)12-15(3)13-18(22)6/h10-14,19H,8-9H2,1-7H3,(H,25,27)/t19-/m1/s1. The van der Waals surface area contributed by atoms with Crippen molar-refractivity contribution in [2.75, 3.05) is 18.4 Å². The van der Waals surface area contributed by atoms with Crippen LogP contribution in [0.25, 0.3) is 0 Å². The van der Waals surface area contributed by atoms with E-state index in [1.807, 2.05) is 32.9 Å². The smallest absolute Gasteiger partial charge is 0.338 e. The summed E-state index contributed by atoms with van der Waals surface area (Å²) in [6.45, 7) is 13.1. The van der Waals surface area contributed by atoms with Gasteiger partial charge in [-0.05, 0) is 63.4 Å². The highest BCUT2D eigenvalue weighted by atomic mass is 32.2. The van der Waals surface area contributed by atoms with E-state index >= 15 is 0 Å². The third-order valence-electron chi connectivity index (χ3n) is 5.33. The van der Waals surface area contributed by atoms with Gasteiger partial charge in [-0.15, -0.1) is 0 Å². The first kappa shape index (κ1) is 25.5. The largest absolute Gasteiger partial charge is 0.449 e. The first-order chi connectivity index (χ1) is 14.9. The fourth-order valence-electron chi connectivity index (χ4n) is 3.59. The van der Waals surface area contributed by atoms with Crippen molar-refractivity contribution in [1.82, 2.24) is 4.31 Å². The summed E-state index contributed by atoms with van der Waals surface area (Å²) in [5.74, 6) is -1.22. The Balaban J connectivity index is 2.21. The quantitative estimate of drug-likeness (QED) is 0.598. The van der Waals surface area contributed by atoms with Crippen LogP contribution in [0, 0.1) is 27.7 Å². The fourth-order valence-corrected chi connectivity index (χ4v) is 5.30. The van der Waals surface area contributed by atoms with Crippen molar-refractivity contribution < 1.29 is 22.7 Å². The van der Waals surface area contributed by atoms with E-state index in [1.54, 1.807) is 26.8 Å². The van der Waals surface area contributed by atoms with E-state index in [0.717, 1.165) is 16.7 Å². The normalized spacial score (nSPS) is 12.5. The molecular formula is C24H32N2O5S. The Labute approximate surface area is 190 Å². The number of sulfonamides is 1. The van der Waals surface area contributed by atoms with Gasteiger partial charge in [0.1, 0.15) is 0 Å². The molecule has 0 heterocycles. The molecule has 0 radical (unpaired) electrons. The summed E-state index contributed by atoms with van der Waals surface area (Å²) in [5, 5.41) is 2.82. The molecule has 0 saturated carbocycles. The molecule has 0 fully saturated rings. The van der Waals surface area contributed by atoms with E-state index in [9.17, 15) is 18.0 Å². The maximum Gasteiger partial charge on any atom is 0.338 e. The number of esters is 1. The van der Waals surface area contributed by atoms with Crippen molar-refractivity contribution in [3.05, 3.63) is 58.1 Å². The highest BCUT2D eigenvalue weighted by Crippen LogP contribution is 2.24. The van der Waals surface area contributed by atoms with Crippen LogP contribution in [0.2, 0.25) is 0 Å². The number of amides is 1. The molecule has 1 atom stereocenters. The number of benzene rings is 2. The molecule has 1 N–H and O–H groups in total. The van der Waals surface area contributed by atoms with Crippen LogP contribution in [0.4, 0.5) is 5.69 Å². The number of carbonyl (C=O) groups excluding carboxylic acids is 2. The summed E-state index contributed by atoms with van der Waals surface area (Å²) < 4.78 is 32.5. The van der Waals surface area contributed by atoms with Gasteiger partial charge in [-0.2, -0.15) is 4.31 Å². The van der Waals surface area contributed by atoms with E-state index in [0.29, 0.717) is 24.3 Å². The molecule has 0 unspecified atom stereocenters. The van der Waals surface area contributed by atoms with Crippen LogP contribution >= 0.6 is 0 Å². The second kappa shape index (κ2) is 10.3. The number of hydrogen-bond donors (Lipinski definition) is 1. The molecule has 0 bridgehead atoms. The van der Waals surface area contributed by atoms with Gasteiger partial charge >= 0.3 is 5.97 Å². The highest BCUT2D eigenvalue weighted by molar-refractivity contribution is 7.89. The maximum atomic E-state index is 12.9. The van der Waals surface area contributed by atoms with Gasteiger partial charge in [-0.25, -0.2) is 13.2 Å². The minimum absolute atomic E-state index is 0.0543. The van der Waals surface area contributed by atoms with Crippen LogP contribution in [-0.4, -0.2) is 43.8 Å². The highest BCUT2D eigenvalue weighted by Gasteiger charge is 2.26. The summed E-state index contributed by atoms with van der Waals surface area (Å²) in [6.07, 6.45) is -1.06. The van der Waals surface area contributed by atoms with Crippen LogP contribution in [0.1, 0.15) is 53.4 Å². The summed E-state index contributed by atoms with van der Waals surface area (Å²) in [7, 11) is -3.74. The zero-order valence-corrected chi connectivity index (χ0v) is 20.6. The fraction of sp³-hybridized carbons (Fsp3) is 0.417. The molecule has 0 aliphatic heterocycles. The zero-order valence-electron chi connectivity index (χ0n) is 19.8. The number of nitrogens with zero attached hydrogens (tertiary/aromatic N) is 1. The van der Waals surface area contributed by atoms with Gasteiger partial charge in [0, 0.05) is 18.8 Å². The average molecular weight is 461 g/mol. The number of aryl methyl sites for hydroxylation is 4. The minimum Gasteiger partial charge on any atom is -0.449 e. The summed E-state index contributed by atoms with van der Waals surface area (Å²) >= 11 is 0. The Morgan fingerprint density at radius 3 is 2.06 bits per heavy atom. The number of nitrogens with one attached hydrogen (secondary N) is 1. The Morgan fingerprint density at radius 2 is 1.53 bits per heavy atom. The van der Waals surface area contributed by atoms with Gasteiger partial charge in [-0.3, -0.25) is 4.79 Å². The Hall–Kier alpha value is -2.71. The monoisotopic (exact) mass is 460 g/mol. The van der Waals surface area contributed by atoms with Crippen molar-refractivity contribution in [2.45, 2.75) is 59.5 Å². The summed E-state index contributed by atoms with van der Waals surface area (Å²) in [4.78, 5) is 25.4. The molecular weight excluding hydrogens is 428 g/mol. The molecule has 174 valence electrons. The van der Waals surface area contributed by atoms with Crippen molar-refractivity contribution in [3.63, 3.8) is 0 Å². The second-order valence-corrected chi connectivity index (χ2v) is 9.79. The number of rotatable bonds is 8. The summed E-state index contributed by atoms with van der Waals surface area (Å²) in [6, 6.07) is 8.30. The van der Waals surface area contributed by atoms with Crippen LogP contribution in [0.15, 0.2) is 35.2 Å². The molecule has 2 aromatic carbocycles. The molecule has 0 aromatic heterocycles. The number of carbonyl (C=O) groups is 2. The van der Waals surface area contributed by atoms with E-state index < -0.39 is 28.0 Å². The molecule has 0 aliphatic carbocycles. The lowest BCUT2D eigenvalue weighted by molar-refractivity contribution is -0.123. The second-order valence-electron chi connectivity index (χ2n) is 7.88. The average Bonchev–Trinajstić information content (AvgIpc) is 2.71. The van der Waals surface area contributed by atoms with Gasteiger partial charge in [0.2, 0.25) is 10.0 Å². The van der Waals surface area contributed by atoms with Crippen molar-refractivity contribution >= 4 is 27.6 Å². The number of anilines is 1. The first-order valence-corrected chi connectivity index (χ1v) is 12.1. The van der Waals surface area contributed by atoms with Gasteiger partial charge < -0.3 is 10.1 Å². The van der Waals surface area contributed by atoms with E-state index in [1.165, 1.54) is 23.4 Å². The predicted octanol–water partition coefficient (Wildman–Crippen LogP) is 4.13. The van der Waals surface area contributed by atoms with Crippen LogP contribution < -0.4 is 5.32 Å².